The van der Waals surface area contributed by atoms with Crippen LogP contribution in [-0.4, -0.2) is 17.0 Å². The maximum Gasteiger partial charge on any atom is 0.416 e. The molecule has 1 saturated heterocycles. The molecule has 0 spiro atoms. The average molecular weight is 316 g/mol. The van der Waals surface area contributed by atoms with Gasteiger partial charge in [-0.15, -0.1) is 0 Å². The molecule has 0 aromatic heterocycles. The van der Waals surface area contributed by atoms with Crippen LogP contribution in [0, 0.1) is 5.92 Å². The molecule has 21 heavy (non-hydrogen) atoms. The van der Waals surface area contributed by atoms with E-state index in [-0.39, 0.29) is 12.1 Å². The Labute approximate surface area is 127 Å². The molecule has 0 bridgehead atoms. The number of benzene rings is 1. The van der Waals surface area contributed by atoms with Gasteiger partial charge in [0.1, 0.15) is 0 Å². The van der Waals surface area contributed by atoms with Crippen molar-refractivity contribution in [1.82, 2.24) is 5.32 Å². The van der Waals surface area contributed by atoms with Crippen LogP contribution in [0.4, 0.5) is 13.2 Å². The molecule has 1 aromatic carbocycles. The first-order chi connectivity index (χ1) is 9.86. The number of halogens is 3. The molecule has 1 unspecified atom stereocenters. The zero-order chi connectivity index (χ0) is 15.5. The van der Waals surface area contributed by atoms with Crippen LogP contribution in [0.5, 0.6) is 0 Å². The van der Waals surface area contributed by atoms with Crippen molar-refractivity contribution >= 4 is 16.9 Å². The molecule has 1 heterocycles. The fraction of sp³-hybridized carbons (Fsp3) is 0.533. The summed E-state index contributed by atoms with van der Waals surface area (Å²) in [5.74, 6) is 1.52. The van der Waals surface area contributed by atoms with Gasteiger partial charge >= 0.3 is 6.18 Å². The van der Waals surface area contributed by atoms with E-state index in [1.54, 1.807) is 17.8 Å². The largest absolute Gasteiger partial charge is 0.416 e. The van der Waals surface area contributed by atoms with Crippen LogP contribution in [0.3, 0.4) is 0 Å². The second-order valence-corrected chi connectivity index (χ2v) is 6.57. The molecule has 1 aliphatic rings. The number of nitrogens with one attached hydrogen (secondary N) is 1. The van der Waals surface area contributed by atoms with Crippen LogP contribution >= 0.6 is 11.8 Å². The van der Waals surface area contributed by atoms with Gasteiger partial charge in [0.05, 0.1) is 12.1 Å². The number of hydrogen-bond donors (Lipinski definition) is 1. The highest BCUT2D eigenvalue weighted by Gasteiger charge is 2.32. The van der Waals surface area contributed by atoms with Gasteiger partial charge in [0.2, 0.25) is 0 Å². The number of amidine groups is 1. The third kappa shape index (κ3) is 4.66. The molecule has 0 saturated carbocycles. The Morgan fingerprint density at radius 2 is 2.05 bits per heavy atom. The van der Waals surface area contributed by atoms with Gasteiger partial charge in [-0.3, -0.25) is 4.99 Å². The van der Waals surface area contributed by atoms with E-state index in [9.17, 15) is 13.2 Å². The van der Waals surface area contributed by atoms with Crippen molar-refractivity contribution in [3.63, 3.8) is 0 Å². The molecule has 6 heteroatoms. The van der Waals surface area contributed by atoms with Gasteiger partial charge in [0, 0.05) is 11.8 Å². The van der Waals surface area contributed by atoms with Crippen LogP contribution < -0.4 is 5.32 Å². The van der Waals surface area contributed by atoms with Gasteiger partial charge in [-0.05, 0) is 24.0 Å². The van der Waals surface area contributed by atoms with E-state index < -0.39 is 11.7 Å². The van der Waals surface area contributed by atoms with Crippen LogP contribution in [-0.2, 0) is 12.7 Å². The molecule has 1 aliphatic heterocycles. The van der Waals surface area contributed by atoms with Crippen molar-refractivity contribution in [1.29, 1.82) is 0 Å². The van der Waals surface area contributed by atoms with Crippen LogP contribution in [0.1, 0.15) is 31.4 Å². The Morgan fingerprint density at radius 3 is 2.71 bits per heavy atom. The number of nitrogens with zero attached hydrogens (tertiary/aromatic N) is 1. The lowest BCUT2D eigenvalue weighted by atomic mass is 10.1. The first-order valence-electron chi connectivity index (χ1n) is 6.95. The molecule has 0 aliphatic carbocycles. The maximum absolute atomic E-state index is 12.9. The average Bonchev–Trinajstić information content (AvgIpc) is 2.82. The third-order valence-corrected chi connectivity index (χ3v) is 4.31. The Hall–Kier alpha value is -1.17. The van der Waals surface area contributed by atoms with E-state index in [1.165, 1.54) is 12.1 Å². The molecular weight excluding hydrogens is 297 g/mol. The van der Waals surface area contributed by atoms with Crippen molar-refractivity contribution < 1.29 is 13.2 Å². The van der Waals surface area contributed by atoms with Gasteiger partial charge < -0.3 is 5.32 Å². The summed E-state index contributed by atoms with van der Waals surface area (Å²) in [5.41, 5.74) is -0.386. The predicted octanol–water partition coefficient (Wildman–Crippen LogP) is 4.31. The molecule has 0 radical (unpaired) electrons. The fourth-order valence-electron chi connectivity index (χ4n) is 2.32. The summed E-state index contributed by atoms with van der Waals surface area (Å²) in [4.78, 5) is 4.29. The van der Waals surface area contributed by atoms with Crippen molar-refractivity contribution in [2.75, 3.05) is 5.75 Å². The minimum Gasteiger partial charge on any atom is -0.361 e. The Kier molecular flexibility index (Phi) is 5.19. The number of thioether (sulfide) groups is 1. The lowest BCUT2D eigenvalue weighted by molar-refractivity contribution is -0.138. The van der Waals surface area contributed by atoms with Crippen LogP contribution in [0.25, 0.3) is 0 Å². The minimum absolute atomic E-state index is 0.0550. The molecule has 116 valence electrons. The zero-order valence-electron chi connectivity index (χ0n) is 12.1. The number of aliphatic imine (C=N–C) groups is 1. The predicted molar refractivity (Wildman–Crippen MR) is 81.4 cm³/mol. The quantitative estimate of drug-likeness (QED) is 0.895. The SMILES string of the molecule is CC(C)CC1CSC(=NCc2ccccc2C(F)(F)F)N1. The zero-order valence-corrected chi connectivity index (χ0v) is 12.9. The van der Waals surface area contributed by atoms with E-state index in [4.69, 9.17) is 0 Å². The summed E-state index contributed by atoms with van der Waals surface area (Å²) in [6.45, 7) is 4.36. The van der Waals surface area contributed by atoms with Crippen molar-refractivity contribution in [3.05, 3.63) is 35.4 Å². The highest BCUT2D eigenvalue weighted by Crippen LogP contribution is 2.32. The normalized spacial score (nSPS) is 21.0. The van der Waals surface area contributed by atoms with Gasteiger partial charge in [-0.25, -0.2) is 0 Å². The molecule has 1 aromatic rings. The minimum atomic E-state index is -4.33. The first-order valence-corrected chi connectivity index (χ1v) is 7.93. The number of alkyl halides is 3. The van der Waals surface area contributed by atoms with Gasteiger partial charge in [-0.1, -0.05) is 43.8 Å². The van der Waals surface area contributed by atoms with Crippen LogP contribution in [0.2, 0.25) is 0 Å². The number of rotatable bonds is 4. The monoisotopic (exact) mass is 316 g/mol. The molecule has 2 rings (SSSR count). The van der Waals surface area contributed by atoms with E-state index in [1.807, 2.05) is 0 Å². The van der Waals surface area contributed by atoms with Crippen molar-refractivity contribution in [3.8, 4) is 0 Å². The topological polar surface area (TPSA) is 24.4 Å². The summed E-state index contributed by atoms with van der Waals surface area (Å²) in [6, 6.07) is 5.97. The number of hydrogen-bond acceptors (Lipinski definition) is 2. The summed E-state index contributed by atoms with van der Waals surface area (Å²) in [7, 11) is 0. The molecular formula is C15H19F3N2S. The first kappa shape index (κ1) is 16.2. The van der Waals surface area contributed by atoms with E-state index in [0.717, 1.165) is 23.4 Å². The second kappa shape index (κ2) is 6.73. The van der Waals surface area contributed by atoms with E-state index in [0.29, 0.717) is 12.0 Å². The standard InChI is InChI=1S/C15H19F3N2S/c1-10(2)7-12-9-21-14(20-12)19-8-11-5-3-4-6-13(11)15(16,17)18/h3-6,10,12H,7-9H2,1-2H3,(H,19,20). The molecule has 0 amide bonds. The lowest BCUT2D eigenvalue weighted by Gasteiger charge is -2.12. The van der Waals surface area contributed by atoms with Gasteiger partial charge in [-0.2, -0.15) is 13.2 Å². The molecule has 1 atom stereocenters. The molecule has 2 nitrogen and oxygen atoms in total. The molecule has 1 fully saturated rings. The Balaban J connectivity index is 2.02. The molecule has 1 N–H and O–H groups in total. The highest BCUT2D eigenvalue weighted by atomic mass is 32.2. The van der Waals surface area contributed by atoms with Gasteiger partial charge in [0.15, 0.2) is 5.17 Å². The van der Waals surface area contributed by atoms with Crippen LogP contribution in [0.15, 0.2) is 29.3 Å². The second-order valence-electron chi connectivity index (χ2n) is 5.56. The van der Waals surface area contributed by atoms with E-state index in [2.05, 4.69) is 24.2 Å². The smallest absolute Gasteiger partial charge is 0.361 e. The lowest BCUT2D eigenvalue weighted by Crippen LogP contribution is -2.28. The summed E-state index contributed by atoms with van der Waals surface area (Å²) in [5, 5.41) is 4.03. The highest BCUT2D eigenvalue weighted by molar-refractivity contribution is 8.14. The van der Waals surface area contributed by atoms with Crippen molar-refractivity contribution in [2.45, 2.75) is 39.0 Å². The Bertz CT molecular complexity index is 512. The van der Waals surface area contributed by atoms with Gasteiger partial charge in [0.25, 0.3) is 0 Å². The summed E-state index contributed by atoms with van der Waals surface area (Å²) in [6.07, 6.45) is -3.28. The van der Waals surface area contributed by atoms with Crippen molar-refractivity contribution in [2.24, 2.45) is 10.9 Å². The maximum atomic E-state index is 12.9. The fourth-order valence-corrected chi connectivity index (χ4v) is 3.30. The summed E-state index contributed by atoms with van der Waals surface area (Å²) < 4.78 is 38.7. The third-order valence-electron chi connectivity index (χ3n) is 3.22. The summed E-state index contributed by atoms with van der Waals surface area (Å²) >= 11 is 1.58. The van der Waals surface area contributed by atoms with E-state index >= 15 is 0 Å². The Morgan fingerprint density at radius 1 is 1.33 bits per heavy atom.